The highest BCUT2D eigenvalue weighted by Gasteiger charge is 2.23. The Hall–Kier alpha value is -4.49. The Bertz CT molecular complexity index is 1870. The molecule has 214 valence electrons. The molecule has 0 bridgehead atoms. The van der Waals surface area contributed by atoms with Crippen LogP contribution in [0.2, 0.25) is 5.15 Å². The van der Waals surface area contributed by atoms with Gasteiger partial charge in [0.15, 0.2) is 11.0 Å². The molecule has 1 fully saturated rings. The molecular formula is C28H23ClF2N8O2S. The van der Waals surface area contributed by atoms with Crippen molar-refractivity contribution in [3.63, 3.8) is 0 Å². The fraction of sp³-hybridized carbons (Fsp3) is 0.179. The molecule has 0 amide bonds. The zero-order valence-electron chi connectivity index (χ0n) is 21.9. The molecule has 2 N–H and O–H groups in total. The van der Waals surface area contributed by atoms with Crippen LogP contribution >= 0.6 is 11.6 Å². The summed E-state index contributed by atoms with van der Waals surface area (Å²) in [5.41, 5.74) is 1.96. The van der Waals surface area contributed by atoms with E-state index in [1.54, 1.807) is 18.3 Å². The van der Waals surface area contributed by atoms with E-state index in [9.17, 15) is 17.2 Å². The second-order valence-electron chi connectivity index (χ2n) is 9.62. The molecule has 4 aromatic heterocycles. The van der Waals surface area contributed by atoms with Gasteiger partial charge < -0.3 is 10.2 Å². The number of rotatable bonds is 7. The number of nitrogens with zero attached hydrogens (tertiary/aromatic N) is 6. The van der Waals surface area contributed by atoms with E-state index in [1.165, 1.54) is 18.6 Å². The van der Waals surface area contributed by atoms with Crippen molar-refractivity contribution in [1.82, 2.24) is 24.9 Å². The summed E-state index contributed by atoms with van der Waals surface area (Å²) in [4.78, 5) is 23.6. The van der Waals surface area contributed by atoms with Crippen LogP contribution in [0, 0.1) is 11.6 Å². The Morgan fingerprint density at radius 1 is 0.952 bits per heavy atom. The fourth-order valence-corrected chi connectivity index (χ4v) is 6.07. The minimum atomic E-state index is -4.44. The van der Waals surface area contributed by atoms with E-state index in [-0.39, 0.29) is 16.9 Å². The van der Waals surface area contributed by atoms with Crippen LogP contribution < -0.4 is 14.9 Å². The third-order valence-corrected chi connectivity index (χ3v) is 8.55. The summed E-state index contributed by atoms with van der Waals surface area (Å²) in [7, 11) is -4.44. The quantitative estimate of drug-likeness (QED) is 0.237. The van der Waals surface area contributed by atoms with Gasteiger partial charge in [-0.25, -0.2) is 42.1 Å². The molecule has 1 saturated heterocycles. The summed E-state index contributed by atoms with van der Waals surface area (Å²) in [5, 5.41) is 3.34. The molecule has 10 nitrogen and oxygen atoms in total. The van der Waals surface area contributed by atoms with Crippen molar-refractivity contribution in [2.75, 3.05) is 28.0 Å². The van der Waals surface area contributed by atoms with Crippen molar-refractivity contribution in [1.29, 1.82) is 0 Å². The first-order valence-corrected chi connectivity index (χ1v) is 14.8. The predicted octanol–water partition coefficient (Wildman–Crippen LogP) is 5.30. The second kappa shape index (κ2) is 11.4. The van der Waals surface area contributed by atoms with Gasteiger partial charge in [0.05, 0.1) is 16.9 Å². The molecule has 5 aromatic rings. The molecule has 6 rings (SSSR count). The summed E-state index contributed by atoms with van der Waals surface area (Å²) < 4.78 is 55.4. The number of aromatic nitrogens is 5. The number of hydrogen-bond acceptors (Lipinski definition) is 9. The normalized spacial score (nSPS) is 14.2. The van der Waals surface area contributed by atoms with E-state index in [4.69, 9.17) is 16.6 Å². The Kier molecular flexibility index (Phi) is 7.52. The molecule has 42 heavy (non-hydrogen) atoms. The van der Waals surface area contributed by atoms with Crippen molar-refractivity contribution in [3.8, 4) is 11.3 Å². The number of benzene rings is 1. The van der Waals surface area contributed by atoms with E-state index in [0.29, 0.717) is 34.2 Å². The van der Waals surface area contributed by atoms with Crippen molar-refractivity contribution in [2.45, 2.75) is 23.8 Å². The average Bonchev–Trinajstić information content (AvgIpc) is 2.99. The molecule has 0 atom stereocenters. The van der Waals surface area contributed by atoms with E-state index in [1.807, 2.05) is 18.2 Å². The Balaban J connectivity index is 1.24. The van der Waals surface area contributed by atoms with Gasteiger partial charge in [-0.3, -0.25) is 4.72 Å². The summed E-state index contributed by atoms with van der Waals surface area (Å²) in [5.74, 6) is -0.603. The number of halogens is 3. The highest BCUT2D eigenvalue weighted by Crippen LogP contribution is 2.30. The van der Waals surface area contributed by atoms with Gasteiger partial charge in [-0.2, -0.15) is 0 Å². The first kappa shape index (κ1) is 27.7. The molecule has 1 aliphatic heterocycles. The van der Waals surface area contributed by atoms with Crippen LogP contribution in [0.3, 0.4) is 0 Å². The van der Waals surface area contributed by atoms with Gasteiger partial charge in [0.2, 0.25) is 0 Å². The van der Waals surface area contributed by atoms with Gasteiger partial charge in [0.25, 0.3) is 10.0 Å². The number of hydrogen-bond donors (Lipinski definition) is 2. The van der Waals surface area contributed by atoms with Crippen molar-refractivity contribution >= 4 is 50.0 Å². The highest BCUT2D eigenvalue weighted by atomic mass is 35.5. The second-order valence-corrected chi connectivity index (χ2v) is 11.6. The highest BCUT2D eigenvalue weighted by molar-refractivity contribution is 7.92. The van der Waals surface area contributed by atoms with Gasteiger partial charge in [-0.05, 0) is 55.3 Å². The SMILES string of the molecule is O=S(=O)(Nc1cc(-c2ccc3ncnc(NC4CCN(c5ccccn5)CC4)c3n2)cnc1Cl)c1ccc(F)cc1F. The van der Waals surface area contributed by atoms with Crippen molar-refractivity contribution < 1.29 is 17.2 Å². The van der Waals surface area contributed by atoms with Gasteiger partial charge in [-0.1, -0.05) is 17.7 Å². The zero-order chi connectivity index (χ0) is 29.3. The number of pyridine rings is 3. The van der Waals surface area contributed by atoms with E-state index in [2.05, 4.69) is 34.9 Å². The monoisotopic (exact) mass is 608 g/mol. The van der Waals surface area contributed by atoms with Crippen LogP contribution in [0.25, 0.3) is 22.3 Å². The topological polar surface area (TPSA) is 126 Å². The molecule has 1 aliphatic rings. The van der Waals surface area contributed by atoms with E-state index < -0.39 is 26.6 Å². The van der Waals surface area contributed by atoms with Crippen LogP contribution in [0.4, 0.5) is 26.1 Å². The van der Waals surface area contributed by atoms with E-state index in [0.717, 1.165) is 43.9 Å². The molecule has 14 heteroatoms. The van der Waals surface area contributed by atoms with Gasteiger partial charge in [-0.15, -0.1) is 0 Å². The first-order valence-electron chi connectivity index (χ1n) is 12.9. The summed E-state index contributed by atoms with van der Waals surface area (Å²) >= 11 is 6.17. The molecule has 0 unspecified atom stereocenters. The average molecular weight is 609 g/mol. The third-order valence-electron chi connectivity index (χ3n) is 6.85. The molecule has 0 aliphatic carbocycles. The maximum Gasteiger partial charge on any atom is 0.264 e. The predicted molar refractivity (Wildman–Crippen MR) is 156 cm³/mol. The minimum Gasteiger partial charge on any atom is -0.365 e. The van der Waals surface area contributed by atoms with Crippen LogP contribution in [-0.4, -0.2) is 52.5 Å². The van der Waals surface area contributed by atoms with Crippen LogP contribution in [0.1, 0.15) is 12.8 Å². The lowest BCUT2D eigenvalue weighted by Crippen LogP contribution is -2.39. The Morgan fingerprint density at radius 2 is 1.79 bits per heavy atom. The summed E-state index contributed by atoms with van der Waals surface area (Å²) in [6.45, 7) is 1.68. The zero-order valence-corrected chi connectivity index (χ0v) is 23.4. The number of fused-ring (bicyclic) bond motifs is 1. The van der Waals surface area contributed by atoms with Gasteiger partial charge in [0, 0.05) is 43.2 Å². The first-order chi connectivity index (χ1) is 20.3. The largest absolute Gasteiger partial charge is 0.365 e. The van der Waals surface area contributed by atoms with Crippen LogP contribution in [0.15, 0.2) is 78.2 Å². The molecule has 1 aromatic carbocycles. The van der Waals surface area contributed by atoms with Gasteiger partial charge >= 0.3 is 0 Å². The van der Waals surface area contributed by atoms with Gasteiger partial charge in [0.1, 0.15) is 34.2 Å². The molecule has 0 spiro atoms. The van der Waals surface area contributed by atoms with Crippen LogP contribution in [-0.2, 0) is 10.0 Å². The lowest BCUT2D eigenvalue weighted by atomic mass is 10.0. The maximum atomic E-state index is 14.2. The molecular weight excluding hydrogens is 586 g/mol. The molecule has 0 saturated carbocycles. The Morgan fingerprint density at radius 3 is 2.55 bits per heavy atom. The summed E-state index contributed by atoms with van der Waals surface area (Å²) in [6.07, 6.45) is 6.45. The number of nitrogens with one attached hydrogen (secondary N) is 2. The lowest BCUT2D eigenvalue weighted by molar-refractivity contribution is 0.522. The number of piperidine rings is 1. The third kappa shape index (κ3) is 5.78. The fourth-order valence-electron chi connectivity index (χ4n) is 4.75. The number of anilines is 3. The molecule has 0 radical (unpaired) electrons. The smallest absolute Gasteiger partial charge is 0.264 e. The lowest BCUT2D eigenvalue weighted by Gasteiger charge is -2.33. The minimum absolute atomic E-state index is 0.0953. The van der Waals surface area contributed by atoms with Crippen LogP contribution in [0.5, 0.6) is 0 Å². The number of sulfonamides is 1. The Labute approximate surface area is 244 Å². The van der Waals surface area contributed by atoms with Crippen molar-refractivity contribution in [3.05, 3.63) is 90.1 Å². The maximum absolute atomic E-state index is 14.2. The standard InChI is InChI=1S/C28H23ClF2N8O2S/c29-27-23(38-42(40,41)24-7-4-18(30)14-20(24)31)13-17(15-33-27)21-5-6-22-26(37-21)28(35-16-34-22)36-19-8-11-39(12-9-19)25-3-1-2-10-32-25/h1-7,10,13-16,19,38H,8-9,11-12H2,(H,34,35,36). The van der Waals surface area contributed by atoms with Crippen molar-refractivity contribution in [2.24, 2.45) is 0 Å². The van der Waals surface area contributed by atoms with E-state index >= 15 is 0 Å². The summed E-state index contributed by atoms with van der Waals surface area (Å²) in [6, 6.07) is 13.1. The molecule has 5 heterocycles.